The fraction of sp³-hybridized carbons (Fsp3) is 0.111. The summed E-state index contributed by atoms with van der Waals surface area (Å²) in [5.41, 5.74) is 9.51. The molecule has 0 saturated carbocycles. The number of hydrogen-bond donors (Lipinski definition) is 2. The summed E-state index contributed by atoms with van der Waals surface area (Å²) in [6.07, 6.45) is 1.56. The topological polar surface area (TPSA) is 146 Å². The molecule has 10 nitrogen and oxygen atoms in total. The number of non-ortho nitro benzene ring substituents is 1. The van der Waals surface area contributed by atoms with Gasteiger partial charge in [-0.15, -0.1) is 10.2 Å². The number of rotatable bonds is 8. The number of hydrazone groups is 1. The van der Waals surface area contributed by atoms with Crippen LogP contribution in [0.2, 0.25) is 0 Å². The Balaban J connectivity index is 1.46. The highest BCUT2D eigenvalue weighted by atomic mass is 32.1. The number of amides is 1. The summed E-state index contributed by atoms with van der Waals surface area (Å²) in [5.74, 6) is 0.318. The molecule has 0 spiro atoms. The van der Waals surface area contributed by atoms with Crippen molar-refractivity contribution in [2.24, 2.45) is 5.10 Å². The van der Waals surface area contributed by atoms with Crippen molar-refractivity contribution >= 4 is 34.3 Å². The van der Waals surface area contributed by atoms with E-state index in [0.29, 0.717) is 15.9 Å². The van der Waals surface area contributed by atoms with E-state index in [1.165, 1.54) is 18.3 Å². The van der Waals surface area contributed by atoms with Crippen LogP contribution in [0.1, 0.15) is 16.1 Å². The SMILES string of the molecule is Nc1nnc(CC(=O)NN=Cc2ccc(OCc3ccc([N+](=O)[O-])cc3)cc2)s1. The molecule has 0 unspecified atom stereocenters. The number of nitro groups is 1. The molecule has 0 radical (unpaired) electrons. The molecular weight excluding hydrogens is 396 g/mol. The van der Waals surface area contributed by atoms with Gasteiger partial charge in [0, 0.05) is 12.1 Å². The molecule has 0 bridgehead atoms. The minimum Gasteiger partial charge on any atom is -0.489 e. The molecule has 148 valence electrons. The molecule has 1 heterocycles. The first-order valence-corrected chi connectivity index (χ1v) is 9.17. The van der Waals surface area contributed by atoms with E-state index in [4.69, 9.17) is 10.5 Å². The highest BCUT2D eigenvalue weighted by molar-refractivity contribution is 7.15. The van der Waals surface area contributed by atoms with Crippen LogP contribution in [0.3, 0.4) is 0 Å². The third kappa shape index (κ3) is 6.07. The van der Waals surface area contributed by atoms with Crippen molar-refractivity contribution in [3.8, 4) is 5.75 Å². The summed E-state index contributed by atoms with van der Waals surface area (Å²) in [4.78, 5) is 22.0. The number of hydrogen-bond acceptors (Lipinski definition) is 9. The van der Waals surface area contributed by atoms with E-state index in [9.17, 15) is 14.9 Å². The Kier molecular flexibility index (Phi) is 6.43. The average Bonchev–Trinajstić information content (AvgIpc) is 3.12. The lowest BCUT2D eigenvalue weighted by Crippen LogP contribution is -2.19. The van der Waals surface area contributed by atoms with Crippen LogP contribution in [0.15, 0.2) is 53.6 Å². The second kappa shape index (κ2) is 9.37. The van der Waals surface area contributed by atoms with Gasteiger partial charge in [-0.1, -0.05) is 11.3 Å². The normalized spacial score (nSPS) is 10.8. The molecule has 11 heteroatoms. The molecule has 0 aliphatic carbocycles. The van der Waals surface area contributed by atoms with Crippen LogP contribution in [0.25, 0.3) is 0 Å². The zero-order valence-corrected chi connectivity index (χ0v) is 15.8. The fourth-order valence-corrected chi connectivity index (χ4v) is 2.83. The first-order valence-electron chi connectivity index (χ1n) is 8.35. The van der Waals surface area contributed by atoms with Crippen LogP contribution in [-0.2, 0) is 17.8 Å². The van der Waals surface area contributed by atoms with Crippen LogP contribution in [-0.4, -0.2) is 27.2 Å². The van der Waals surface area contributed by atoms with E-state index in [0.717, 1.165) is 22.5 Å². The Labute approximate surface area is 169 Å². The summed E-state index contributed by atoms with van der Waals surface area (Å²) < 4.78 is 5.65. The van der Waals surface area contributed by atoms with Gasteiger partial charge in [-0.05, 0) is 47.5 Å². The molecule has 3 N–H and O–H groups in total. The van der Waals surface area contributed by atoms with Gasteiger partial charge in [0.2, 0.25) is 11.0 Å². The van der Waals surface area contributed by atoms with E-state index < -0.39 is 4.92 Å². The third-order valence-electron chi connectivity index (χ3n) is 3.63. The Hall–Kier alpha value is -3.86. The maximum Gasteiger partial charge on any atom is 0.269 e. The lowest BCUT2D eigenvalue weighted by molar-refractivity contribution is -0.384. The standard InChI is InChI=1S/C18H16N6O4S/c19-18-23-22-17(29-18)9-16(25)21-20-10-12-3-7-15(8-4-12)28-11-13-1-5-14(6-2-13)24(26)27/h1-8,10H,9,11H2,(H2,19,23)(H,21,25). The predicted molar refractivity (Wildman–Crippen MR) is 108 cm³/mol. The minimum atomic E-state index is -0.445. The van der Waals surface area contributed by atoms with Crippen LogP contribution in [0.5, 0.6) is 5.75 Å². The van der Waals surface area contributed by atoms with E-state index in [1.807, 2.05) is 0 Å². The summed E-state index contributed by atoms with van der Waals surface area (Å²) in [7, 11) is 0. The molecule has 29 heavy (non-hydrogen) atoms. The van der Waals surface area contributed by atoms with E-state index in [1.54, 1.807) is 36.4 Å². The number of carbonyl (C=O) groups excluding carboxylic acids is 1. The predicted octanol–water partition coefficient (Wildman–Crippen LogP) is 2.30. The largest absolute Gasteiger partial charge is 0.489 e. The number of ether oxygens (including phenoxy) is 1. The number of nitrogens with two attached hydrogens (primary N) is 1. The number of nitro benzene ring substituents is 1. The molecule has 3 aromatic rings. The molecule has 3 rings (SSSR count). The monoisotopic (exact) mass is 412 g/mol. The van der Waals surface area contributed by atoms with Gasteiger partial charge in [0.05, 0.1) is 17.6 Å². The molecular formula is C18H16N6O4S. The van der Waals surface area contributed by atoms with Gasteiger partial charge in [0.25, 0.3) is 5.69 Å². The summed E-state index contributed by atoms with van der Waals surface area (Å²) in [6, 6.07) is 13.3. The summed E-state index contributed by atoms with van der Waals surface area (Å²) in [5, 5.41) is 22.8. The highest BCUT2D eigenvalue weighted by Gasteiger charge is 2.07. The van der Waals surface area contributed by atoms with Gasteiger partial charge in [0.15, 0.2) is 0 Å². The van der Waals surface area contributed by atoms with Crippen molar-refractivity contribution in [3.05, 3.63) is 74.8 Å². The number of nitrogens with zero attached hydrogens (tertiary/aromatic N) is 4. The van der Waals surface area contributed by atoms with Crippen LogP contribution in [0.4, 0.5) is 10.8 Å². The molecule has 1 aromatic heterocycles. The zero-order valence-electron chi connectivity index (χ0n) is 15.0. The number of anilines is 1. The number of benzene rings is 2. The van der Waals surface area contributed by atoms with E-state index >= 15 is 0 Å². The lowest BCUT2D eigenvalue weighted by Gasteiger charge is -2.06. The van der Waals surface area contributed by atoms with Crippen molar-refractivity contribution in [3.63, 3.8) is 0 Å². The van der Waals surface area contributed by atoms with Gasteiger partial charge in [0.1, 0.15) is 17.4 Å². The quantitative estimate of drug-likeness (QED) is 0.328. The Bertz CT molecular complexity index is 1020. The van der Waals surface area contributed by atoms with Gasteiger partial charge in [-0.3, -0.25) is 14.9 Å². The Morgan fingerprint density at radius 2 is 1.93 bits per heavy atom. The molecule has 0 aliphatic rings. The highest BCUT2D eigenvalue weighted by Crippen LogP contribution is 2.16. The second-order valence-corrected chi connectivity index (χ2v) is 6.88. The summed E-state index contributed by atoms with van der Waals surface area (Å²) in [6.45, 7) is 0.289. The molecule has 2 aromatic carbocycles. The van der Waals surface area contributed by atoms with Crippen LogP contribution in [0, 0.1) is 10.1 Å². The molecule has 0 aliphatic heterocycles. The number of nitrogen functional groups attached to an aromatic ring is 1. The second-order valence-electron chi connectivity index (χ2n) is 5.79. The summed E-state index contributed by atoms with van der Waals surface area (Å²) >= 11 is 1.15. The third-order valence-corrected chi connectivity index (χ3v) is 4.38. The van der Waals surface area contributed by atoms with Crippen molar-refractivity contribution in [2.45, 2.75) is 13.0 Å². The van der Waals surface area contributed by atoms with Crippen molar-refractivity contribution < 1.29 is 14.5 Å². The fourth-order valence-electron chi connectivity index (χ4n) is 2.22. The van der Waals surface area contributed by atoms with Crippen molar-refractivity contribution in [1.29, 1.82) is 0 Å². The van der Waals surface area contributed by atoms with Gasteiger partial charge < -0.3 is 10.5 Å². The number of carbonyl (C=O) groups is 1. The Morgan fingerprint density at radius 1 is 1.21 bits per heavy atom. The first kappa shape index (κ1) is 19.9. The van der Waals surface area contributed by atoms with Crippen molar-refractivity contribution in [1.82, 2.24) is 15.6 Å². The molecule has 0 atom stereocenters. The first-order chi connectivity index (χ1) is 14.0. The van der Waals surface area contributed by atoms with Gasteiger partial charge in [-0.2, -0.15) is 5.10 Å². The van der Waals surface area contributed by atoms with Gasteiger partial charge >= 0.3 is 0 Å². The lowest BCUT2D eigenvalue weighted by atomic mass is 10.2. The number of nitrogens with one attached hydrogen (secondary N) is 1. The maximum atomic E-state index is 11.8. The number of aromatic nitrogens is 2. The average molecular weight is 412 g/mol. The van der Waals surface area contributed by atoms with Crippen LogP contribution >= 0.6 is 11.3 Å². The maximum absolute atomic E-state index is 11.8. The molecule has 0 saturated heterocycles. The van der Waals surface area contributed by atoms with Gasteiger partial charge in [-0.25, -0.2) is 5.43 Å². The van der Waals surface area contributed by atoms with E-state index in [-0.39, 0.29) is 24.6 Å². The molecule has 1 amide bonds. The smallest absolute Gasteiger partial charge is 0.269 e. The van der Waals surface area contributed by atoms with Crippen LogP contribution < -0.4 is 15.9 Å². The zero-order chi connectivity index (χ0) is 20.6. The van der Waals surface area contributed by atoms with E-state index in [2.05, 4.69) is 20.7 Å². The van der Waals surface area contributed by atoms with Crippen molar-refractivity contribution in [2.75, 3.05) is 5.73 Å². The Morgan fingerprint density at radius 3 is 2.55 bits per heavy atom. The minimum absolute atomic E-state index is 0.0388. The molecule has 0 fully saturated rings.